The first-order chi connectivity index (χ1) is 7.79. The standard InChI is InChI=1S/C13H26N2O/c1-11(9-12-4-5-12)15(7-8-16)10-13-3-2-6-14-13/h11-14,16H,2-10H2,1H3. The van der Waals surface area contributed by atoms with Gasteiger partial charge in [0.1, 0.15) is 0 Å². The molecule has 1 aliphatic heterocycles. The summed E-state index contributed by atoms with van der Waals surface area (Å²) in [6.45, 7) is 5.75. The van der Waals surface area contributed by atoms with Gasteiger partial charge in [0.2, 0.25) is 0 Å². The first-order valence-corrected chi connectivity index (χ1v) is 6.88. The number of aliphatic hydroxyl groups excluding tert-OH is 1. The van der Waals surface area contributed by atoms with E-state index in [-0.39, 0.29) is 0 Å². The molecule has 1 heterocycles. The zero-order chi connectivity index (χ0) is 11.4. The van der Waals surface area contributed by atoms with Crippen LogP contribution in [-0.4, -0.2) is 48.3 Å². The van der Waals surface area contributed by atoms with Crippen molar-refractivity contribution in [3.8, 4) is 0 Å². The molecule has 1 aliphatic carbocycles. The van der Waals surface area contributed by atoms with Gasteiger partial charge < -0.3 is 10.4 Å². The van der Waals surface area contributed by atoms with Crippen LogP contribution in [0.1, 0.15) is 39.0 Å². The van der Waals surface area contributed by atoms with Crippen LogP contribution in [0.2, 0.25) is 0 Å². The van der Waals surface area contributed by atoms with Crippen molar-refractivity contribution in [1.29, 1.82) is 0 Å². The summed E-state index contributed by atoms with van der Waals surface area (Å²) in [6, 6.07) is 1.30. The lowest BCUT2D eigenvalue weighted by atomic mass is 10.1. The van der Waals surface area contributed by atoms with Crippen LogP contribution in [0.3, 0.4) is 0 Å². The molecule has 16 heavy (non-hydrogen) atoms. The van der Waals surface area contributed by atoms with E-state index in [9.17, 15) is 0 Å². The number of nitrogens with one attached hydrogen (secondary N) is 1. The molecular weight excluding hydrogens is 200 g/mol. The number of hydrogen-bond donors (Lipinski definition) is 2. The minimum absolute atomic E-state index is 0.293. The van der Waals surface area contributed by atoms with Crippen molar-refractivity contribution in [3.05, 3.63) is 0 Å². The van der Waals surface area contributed by atoms with Crippen LogP contribution in [0.5, 0.6) is 0 Å². The maximum atomic E-state index is 9.15. The quantitative estimate of drug-likeness (QED) is 0.685. The molecule has 0 radical (unpaired) electrons. The Balaban J connectivity index is 1.76. The second-order valence-electron chi connectivity index (χ2n) is 5.54. The molecule has 2 fully saturated rings. The maximum absolute atomic E-state index is 9.15. The number of hydrogen-bond acceptors (Lipinski definition) is 3. The molecule has 1 saturated heterocycles. The SMILES string of the molecule is CC(CC1CC1)N(CCO)CC1CCCN1. The third-order valence-electron chi connectivity index (χ3n) is 4.00. The van der Waals surface area contributed by atoms with Crippen molar-refractivity contribution < 1.29 is 5.11 Å². The van der Waals surface area contributed by atoms with Gasteiger partial charge in [-0.1, -0.05) is 12.8 Å². The van der Waals surface area contributed by atoms with E-state index in [1.165, 1.54) is 38.6 Å². The first kappa shape index (κ1) is 12.3. The van der Waals surface area contributed by atoms with Gasteiger partial charge >= 0.3 is 0 Å². The second-order valence-corrected chi connectivity index (χ2v) is 5.54. The molecule has 2 N–H and O–H groups in total. The topological polar surface area (TPSA) is 35.5 Å². The summed E-state index contributed by atoms with van der Waals surface area (Å²) in [4.78, 5) is 2.47. The molecule has 3 nitrogen and oxygen atoms in total. The molecule has 2 unspecified atom stereocenters. The molecule has 0 amide bonds. The van der Waals surface area contributed by atoms with Crippen LogP contribution in [0.25, 0.3) is 0 Å². The van der Waals surface area contributed by atoms with E-state index in [0.29, 0.717) is 18.7 Å². The van der Waals surface area contributed by atoms with Gasteiger partial charge in [-0.2, -0.15) is 0 Å². The molecule has 1 saturated carbocycles. The van der Waals surface area contributed by atoms with Gasteiger partial charge in [-0.3, -0.25) is 4.90 Å². The molecular formula is C13H26N2O. The third-order valence-corrected chi connectivity index (χ3v) is 4.00. The molecule has 0 aromatic carbocycles. The monoisotopic (exact) mass is 226 g/mol. The fourth-order valence-electron chi connectivity index (χ4n) is 2.80. The Morgan fingerprint density at radius 1 is 1.38 bits per heavy atom. The molecule has 0 aromatic heterocycles. The van der Waals surface area contributed by atoms with E-state index in [1.807, 2.05) is 0 Å². The zero-order valence-corrected chi connectivity index (χ0v) is 10.5. The van der Waals surface area contributed by atoms with Crippen molar-refractivity contribution >= 4 is 0 Å². The van der Waals surface area contributed by atoms with Gasteiger partial charge in [0.25, 0.3) is 0 Å². The minimum atomic E-state index is 0.293. The van der Waals surface area contributed by atoms with E-state index in [1.54, 1.807) is 0 Å². The van der Waals surface area contributed by atoms with E-state index in [4.69, 9.17) is 5.11 Å². The summed E-state index contributed by atoms with van der Waals surface area (Å²) >= 11 is 0. The number of rotatable bonds is 7. The van der Waals surface area contributed by atoms with Crippen LogP contribution in [0.4, 0.5) is 0 Å². The van der Waals surface area contributed by atoms with Gasteiger partial charge in [0.15, 0.2) is 0 Å². The van der Waals surface area contributed by atoms with Crippen molar-refractivity contribution in [2.45, 2.75) is 51.1 Å². The van der Waals surface area contributed by atoms with Gasteiger partial charge in [0.05, 0.1) is 6.61 Å². The number of nitrogens with zero attached hydrogens (tertiary/aromatic N) is 1. The van der Waals surface area contributed by atoms with Crippen molar-refractivity contribution in [1.82, 2.24) is 10.2 Å². The van der Waals surface area contributed by atoms with Crippen LogP contribution in [-0.2, 0) is 0 Å². The average Bonchev–Trinajstić information content (AvgIpc) is 2.93. The van der Waals surface area contributed by atoms with Crippen molar-refractivity contribution in [2.75, 3.05) is 26.2 Å². The summed E-state index contributed by atoms with van der Waals surface area (Å²) in [6.07, 6.45) is 6.80. The van der Waals surface area contributed by atoms with E-state index in [2.05, 4.69) is 17.1 Å². The Morgan fingerprint density at radius 3 is 2.75 bits per heavy atom. The highest BCUT2D eigenvalue weighted by Gasteiger charge is 2.27. The minimum Gasteiger partial charge on any atom is -0.395 e. The second kappa shape index (κ2) is 5.99. The summed E-state index contributed by atoms with van der Waals surface area (Å²) in [5.41, 5.74) is 0. The number of aliphatic hydroxyl groups is 1. The Kier molecular flexibility index (Phi) is 4.62. The van der Waals surface area contributed by atoms with E-state index >= 15 is 0 Å². The highest BCUT2D eigenvalue weighted by Crippen LogP contribution is 2.34. The zero-order valence-electron chi connectivity index (χ0n) is 10.5. The lowest BCUT2D eigenvalue weighted by Gasteiger charge is -2.31. The van der Waals surface area contributed by atoms with Crippen LogP contribution in [0, 0.1) is 5.92 Å². The third kappa shape index (κ3) is 3.72. The predicted molar refractivity (Wildman–Crippen MR) is 66.5 cm³/mol. The fraction of sp³-hybridized carbons (Fsp3) is 1.00. The molecule has 2 atom stereocenters. The molecule has 2 aliphatic rings. The van der Waals surface area contributed by atoms with Gasteiger partial charge in [-0.05, 0) is 38.6 Å². The van der Waals surface area contributed by atoms with Crippen molar-refractivity contribution in [2.24, 2.45) is 5.92 Å². The fourth-order valence-corrected chi connectivity index (χ4v) is 2.80. The van der Waals surface area contributed by atoms with E-state index < -0.39 is 0 Å². The molecule has 0 spiro atoms. The van der Waals surface area contributed by atoms with Crippen LogP contribution >= 0.6 is 0 Å². The van der Waals surface area contributed by atoms with Gasteiger partial charge in [-0.15, -0.1) is 0 Å². The molecule has 0 aromatic rings. The van der Waals surface area contributed by atoms with Crippen LogP contribution < -0.4 is 5.32 Å². The summed E-state index contributed by atoms with van der Waals surface area (Å²) in [7, 11) is 0. The lowest BCUT2D eigenvalue weighted by Crippen LogP contribution is -2.43. The Hall–Kier alpha value is -0.120. The Morgan fingerprint density at radius 2 is 2.19 bits per heavy atom. The smallest absolute Gasteiger partial charge is 0.0558 e. The van der Waals surface area contributed by atoms with Crippen molar-refractivity contribution in [3.63, 3.8) is 0 Å². The largest absolute Gasteiger partial charge is 0.395 e. The molecule has 94 valence electrons. The lowest BCUT2D eigenvalue weighted by molar-refractivity contribution is 0.139. The molecule has 2 rings (SSSR count). The predicted octanol–water partition coefficient (Wildman–Crippen LogP) is 1.22. The van der Waals surface area contributed by atoms with Gasteiger partial charge in [0, 0.05) is 25.2 Å². The van der Waals surface area contributed by atoms with E-state index in [0.717, 1.165) is 19.0 Å². The first-order valence-electron chi connectivity index (χ1n) is 6.88. The normalized spacial score (nSPS) is 27.6. The average molecular weight is 226 g/mol. The Bertz CT molecular complexity index is 200. The van der Waals surface area contributed by atoms with Crippen LogP contribution in [0.15, 0.2) is 0 Å². The highest BCUT2D eigenvalue weighted by molar-refractivity contribution is 4.83. The highest BCUT2D eigenvalue weighted by atomic mass is 16.3. The Labute approximate surface area is 99.2 Å². The summed E-state index contributed by atoms with van der Waals surface area (Å²) < 4.78 is 0. The summed E-state index contributed by atoms with van der Waals surface area (Å²) in [5.74, 6) is 0.979. The summed E-state index contributed by atoms with van der Waals surface area (Å²) in [5, 5.41) is 12.7. The molecule has 3 heteroatoms. The molecule has 0 bridgehead atoms. The van der Waals surface area contributed by atoms with Gasteiger partial charge in [-0.25, -0.2) is 0 Å². The maximum Gasteiger partial charge on any atom is 0.0558 e.